The van der Waals surface area contributed by atoms with Crippen molar-refractivity contribution in [2.24, 2.45) is 10.4 Å². The molecular weight excluding hydrogens is 398 g/mol. The molecule has 9 heteroatoms. The molecular formula is C16H19Cl3F3N3. The fraction of sp³-hybridized carbons (Fsp3) is 0.562. The van der Waals surface area contributed by atoms with Gasteiger partial charge in [0.15, 0.2) is 0 Å². The molecule has 140 valence electrons. The highest BCUT2D eigenvalue weighted by atomic mass is 35.5. The summed E-state index contributed by atoms with van der Waals surface area (Å²) in [5.74, 6) is 0.624. The maximum Gasteiger partial charge on any atom is 0.416 e. The van der Waals surface area contributed by atoms with Crippen molar-refractivity contribution >= 4 is 46.3 Å². The van der Waals surface area contributed by atoms with Crippen molar-refractivity contribution in [2.45, 2.75) is 44.7 Å². The van der Waals surface area contributed by atoms with Gasteiger partial charge in [0.1, 0.15) is 5.84 Å². The minimum atomic E-state index is -4.52. The standard InChI is InChI=1S/C16H19Cl3F3N3/c1-4-15(19)8-14(15,3)13(23-5-2)25-24-12-10(17)6-9(7-11(12)18)16(20,21)22/h6-7,24H,4-5,8H2,1-3H3,(H,23,25). The lowest BCUT2D eigenvalue weighted by Gasteiger charge is -2.22. The fourth-order valence-corrected chi connectivity index (χ4v) is 3.75. The summed E-state index contributed by atoms with van der Waals surface area (Å²) in [6, 6.07) is 1.65. The third kappa shape index (κ3) is 3.96. The maximum absolute atomic E-state index is 12.8. The van der Waals surface area contributed by atoms with Gasteiger partial charge in [-0.2, -0.15) is 13.2 Å². The Bertz CT molecular complexity index is 670. The highest BCUT2D eigenvalue weighted by molar-refractivity contribution is 6.39. The molecule has 0 heterocycles. The third-order valence-corrected chi connectivity index (χ3v) is 5.99. The van der Waals surface area contributed by atoms with E-state index >= 15 is 0 Å². The molecule has 1 fully saturated rings. The molecule has 0 aromatic heterocycles. The zero-order chi connectivity index (χ0) is 19.0. The van der Waals surface area contributed by atoms with Gasteiger partial charge in [-0.1, -0.05) is 37.0 Å². The number of hydrazine groups is 1. The molecule has 2 unspecified atom stereocenters. The van der Waals surface area contributed by atoms with Crippen molar-refractivity contribution in [3.63, 3.8) is 0 Å². The van der Waals surface area contributed by atoms with Gasteiger partial charge in [0, 0.05) is 12.0 Å². The number of aliphatic imine (C=N–C) groups is 1. The van der Waals surface area contributed by atoms with Gasteiger partial charge in [0.2, 0.25) is 0 Å². The normalized spacial score (nSPS) is 26.5. The summed E-state index contributed by atoms with van der Waals surface area (Å²) >= 11 is 18.5. The van der Waals surface area contributed by atoms with Gasteiger partial charge in [-0.15, -0.1) is 11.6 Å². The van der Waals surface area contributed by atoms with Crippen molar-refractivity contribution < 1.29 is 13.2 Å². The first-order chi connectivity index (χ1) is 11.5. The van der Waals surface area contributed by atoms with Crippen molar-refractivity contribution in [3.05, 3.63) is 27.7 Å². The summed E-state index contributed by atoms with van der Waals surface area (Å²) in [4.78, 5) is 4.04. The van der Waals surface area contributed by atoms with Crippen molar-refractivity contribution in [2.75, 3.05) is 12.0 Å². The number of nitrogens with zero attached hydrogens (tertiary/aromatic N) is 1. The van der Waals surface area contributed by atoms with Crippen LogP contribution in [0.1, 0.15) is 39.2 Å². The second-order valence-electron chi connectivity index (χ2n) is 6.21. The lowest BCUT2D eigenvalue weighted by molar-refractivity contribution is -0.137. The number of amidine groups is 1. The van der Waals surface area contributed by atoms with Crippen LogP contribution in [0.5, 0.6) is 0 Å². The van der Waals surface area contributed by atoms with E-state index in [-0.39, 0.29) is 26.0 Å². The Morgan fingerprint density at radius 1 is 1.24 bits per heavy atom. The highest BCUT2D eigenvalue weighted by Gasteiger charge is 2.65. The first-order valence-electron chi connectivity index (χ1n) is 7.80. The number of hydrogen-bond acceptors (Lipinski definition) is 2. The van der Waals surface area contributed by atoms with Crippen LogP contribution in [0.15, 0.2) is 17.1 Å². The summed E-state index contributed by atoms with van der Waals surface area (Å²) in [6.07, 6.45) is -2.99. The molecule has 2 atom stereocenters. The van der Waals surface area contributed by atoms with E-state index in [0.29, 0.717) is 12.4 Å². The Labute approximate surface area is 159 Å². The van der Waals surface area contributed by atoms with Crippen LogP contribution in [0.4, 0.5) is 18.9 Å². The number of rotatable bonds is 5. The second kappa shape index (κ2) is 7.05. The van der Waals surface area contributed by atoms with Gasteiger partial charge in [-0.05, 0) is 31.9 Å². The van der Waals surface area contributed by atoms with Gasteiger partial charge in [-0.25, -0.2) is 0 Å². The van der Waals surface area contributed by atoms with Crippen LogP contribution < -0.4 is 10.9 Å². The van der Waals surface area contributed by atoms with Crippen molar-refractivity contribution in [1.82, 2.24) is 5.43 Å². The second-order valence-corrected chi connectivity index (χ2v) is 7.75. The third-order valence-electron chi connectivity index (χ3n) is 4.57. The van der Waals surface area contributed by atoms with Crippen molar-refractivity contribution in [3.8, 4) is 0 Å². The molecule has 1 aromatic carbocycles. The van der Waals surface area contributed by atoms with Crippen LogP contribution in [-0.4, -0.2) is 17.3 Å². The van der Waals surface area contributed by atoms with Gasteiger partial charge in [0.05, 0.1) is 26.2 Å². The first-order valence-corrected chi connectivity index (χ1v) is 8.94. The maximum atomic E-state index is 12.8. The molecule has 0 saturated heterocycles. The number of nitrogens with one attached hydrogen (secondary N) is 2. The number of halogens is 6. The fourth-order valence-electron chi connectivity index (χ4n) is 2.82. The molecule has 2 rings (SSSR count). The summed E-state index contributed by atoms with van der Waals surface area (Å²) in [7, 11) is 0. The van der Waals surface area contributed by atoms with Gasteiger partial charge < -0.3 is 0 Å². The lowest BCUT2D eigenvalue weighted by atomic mass is 10.0. The predicted molar refractivity (Wildman–Crippen MR) is 97.8 cm³/mol. The van der Waals surface area contributed by atoms with Crippen LogP contribution in [0.2, 0.25) is 10.0 Å². The Hall–Kier alpha value is -0.850. The number of hydrogen-bond donors (Lipinski definition) is 2. The predicted octanol–water partition coefficient (Wildman–Crippen LogP) is 6.14. The lowest BCUT2D eigenvalue weighted by Crippen LogP contribution is -2.38. The molecule has 0 bridgehead atoms. The minimum absolute atomic E-state index is 0.142. The first kappa shape index (κ1) is 20.5. The zero-order valence-electron chi connectivity index (χ0n) is 14.0. The van der Waals surface area contributed by atoms with Crippen LogP contribution in [0.3, 0.4) is 0 Å². The van der Waals surface area contributed by atoms with E-state index in [4.69, 9.17) is 34.8 Å². The monoisotopic (exact) mass is 415 g/mol. The quantitative estimate of drug-likeness (QED) is 0.261. The molecule has 1 saturated carbocycles. The van der Waals surface area contributed by atoms with Crippen LogP contribution in [0, 0.1) is 5.41 Å². The van der Waals surface area contributed by atoms with E-state index in [9.17, 15) is 13.2 Å². The Balaban J connectivity index is 2.21. The largest absolute Gasteiger partial charge is 0.416 e. The highest BCUT2D eigenvalue weighted by Crippen LogP contribution is 2.63. The number of benzene rings is 1. The Morgan fingerprint density at radius 3 is 2.20 bits per heavy atom. The number of anilines is 1. The van der Waals surface area contributed by atoms with E-state index in [0.717, 1.165) is 25.0 Å². The summed E-state index contributed by atoms with van der Waals surface area (Å²) in [5.41, 5.74) is 4.61. The molecule has 1 aliphatic rings. The van der Waals surface area contributed by atoms with Gasteiger partial charge in [0.25, 0.3) is 0 Å². The molecule has 3 nitrogen and oxygen atoms in total. The van der Waals surface area contributed by atoms with E-state index in [2.05, 4.69) is 15.8 Å². The smallest absolute Gasteiger partial charge is 0.297 e. The summed E-state index contributed by atoms with van der Waals surface area (Å²) < 4.78 is 38.4. The average Bonchev–Trinajstić information content (AvgIpc) is 3.08. The molecule has 1 aliphatic carbocycles. The molecule has 2 N–H and O–H groups in total. The Kier molecular flexibility index (Phi) is 5.77. The molecule has 1 aromatic rings. The molecule has 0 spiro atoms. The molecule has 25 heavy (non-hydrogen) atoms. The molecule has 0 aliphatic heterocycles. The average molecular weight is 417 g/mol. The van der Waals surface area contributed by atoms with Crippen LogP contribution in [0.25, 0.3) is 0 Å². The van der Waals surface area contributed by atoms with E-state index < -0.39 is 11.7 Å². The van der Waals surface area contributed by atoms with E-state index in [1.807, 2.05) is 20.8 Å². The molecule has 0 amide bonds. The van der Waals surface area contributed by atoms with Crippen molar-refractivity contribution in [1.29, 1.82) is 0 Å². The van der Waals surface area contributed by atoms with E-state index in [1.165, 1.54) is 0 Å². The molecule has 0 radical (unpaired) electrons. The zero-order valence-corrected chi connectivity index (χ0v) is 16.3. The van der Waals surface area contributed by atoms with Gasteiger partial charge >= 0.3 is 6.18 Å². The topological polar surface area (TPSA) is 36.4 Å². The van der Waals surface area contributed by atoms with Crippen LogP contribution in [-0.2, 0) is 6.18 Å². The van der Waals surface area contributed by atoms with Crippen LogP contribution >= 0.6 is 34.8 Å². The summed E-state index contributed by atoms with van der Waals surface area (Å²) in [5, 5.41) is -0.284. The van der Waals surface area contributed by atoms with E-state index in [1.54, 1.807) is 0 Å². The minimum Gasteiger partial charge on any atom is -0.297 e. The summed E-state index contributed by atoms with van der Waals surface area (Å²) in [6.45, 7) is 6.40. The SMILES string of the molecule is CCN=C(NNc1c(Cl)cc(C(F)(F)F)cc1Cl)C1(C)CC1(Cl)CC. The Morgan fingerprint density at radius 2 is 1.80 bits per heavy atom. The number of alkyl halides is 4. The van der Waals surface area contributed by atoms with Gasteiger partial charge in [-0.3, -0.25) is 15.8 Å².